The molecule has 2 amide bonds. The number of rotatable bonds is 16. The first-order chi connectivity index (χ1) is 18.5. The molecule has 0 aliphatic rings. The first-order valence-electron chi connectivity index (χ1n) is 13.4. The molecule has 0 saturated heterocycles. The fourth-order valence-electron chi connectivity index (χ4n) is 4.23. The number of amides is 2. The van der Waals surface area contributed by atoms with Crippen molar-refractivity contribution in [3.8, 4) is 11.5 Å². The van der Waals surface area contributed by atoms with Gasteiger partial charge in [-0.2, -0.15) is 0 Å². The lowest BCUT2D eigenvalue weighted by Gasteiger charge is -2.31. The second-order valence-electron chi connectivity index (χ2n) is 9.78. The van der Waals surface area contributed by atoms with Crippen molar-refractivity contribution in [2.45, 2.75) is 59.5 Å². The summed E-state index contributed by atoms with van der Waals surface area (Å²) in [6.07, 6.45) is 1.92. The molecule has 39 heavy (non-hydrogen) atoms. The largest absolute Gasteiger partial charge is 0.497 e. The standard InChI is InChI=1S/C29H43N3O6S/c1-7-25(29(34)30-20-22(3)4)31(21-23-13-11-14-24(19-23)37-5)28(33)17-12-18-32(39(6,35)36)26-15-9-10-16-27(26)38-8-2/h9-11,13-16,19,22,25H,7-8,12,17-18,20-21H2,1-6H3,(H,30,34)/t25-/m1/s1. The van der Waals surface area contributed by atoms with E-state index in [1.165, 1.54) is 4.31 Å². The first kappa shape index (κ1) is 31.9. The Hall–Kier alpha value is -3.27. The summed E-state index contributed by atoms with van der Waals surface area (Å²) in [5.41, 5.74) is 1.27. The van der Waals surface area contributed by atoms with Gasteiger partial charge in [0, 0.05) is 26.1 Å². The Balaban J connectivity index is 2.27. The van der Waals surface area contributed by atoms with Gasteiger partial charge < -0.3 is 19.7 Å². The summed E-state index contributed by atoms with van der Waals surface area (Å²) in [6, 6.07) is 13.7. The molecule has 216 valence electrons. The van der Waals surface area contributed by atoms with Crippen LogP contribution in [0.3, 0.4) is 0 Å². The molecule has 0 heterocycles. The van der Waals surface area contributed by atoms with Crippen molar-refractivity contribution in [1.82, 2.24) is 10.2 Å². The number of nitrogens with one attached hydrogen (secondary N) is 1. The minimum Gasteiger partial charge on any atom is -0.497 e. The van der Waals surface area contributed by atoms with Crippen LogP contribution in [0.4, 0.5) is 5.69 Å². The molecule has 9 nitrogen and oxygen atoms in total. The van der Waals surface area contributed by atoms with Gasteiger partial charge in [-0.25, -0.2) is 8.42 Å². The lowest BCUT2D eigenvalue weighted by Crippen LogP contribution is -2.49. The van der Waals surface area contributed by atoms with Crippen molar-refractivity contribution in [1.29, 1.82) is 0 Å². The SMILES string of the molecule is CCOc1ccccc1N(CCCC(=O)N(Cc1cccc(OC)c1)[C@H](CC)C(=O)NCC(C)C)S(C)(=O)=O. The van der Waals surface area contributed by atoms with Crippen LogP contribution in [0.15, 0.2) is 48.5 Å². The number of carbonyl (C=O) groups is 2. The lowest BCUT2D eigenvalue weighted by molar-refractivity contribution is -0.141. The average molecular weight is 562 g/mol. The molecule has 0 saturated carbocycles. The molecule has 2 aromatic rings. The van der Waals surface area contributed by atoms with Crippen LogP contribution >= 0.6 is 0 Å². The van der Waals surface area contributed by atoms with Crippen molar-refractivity contribution in [2.24, 2.45) is 5.92 Å². The smallest absolute Gasteiger partial charge is 0.242 e. The van der Waals surface area contributed by atoms with Crippen LogP contribution in [-0.4, -0.2) is 64.2 Å². The predicted octanol–water partition coefficient (Wildman–Crippen LogP) is 4.22. The Labute approximate surface area is 233 Å². The minimum atomic E-state index is -3.63. The molecular formula is C29H43N3O6S. The van der Waals surface area contributed by atoms with Gasteiger partial charge in [-0.05, 0) is 55.5 Å². The van der Waals surface area contributed by atoms with Crippen molar-refractivity contribution >= 4 is 27.5 Å². The van der Waals surface area contributed by atoms with Gasteiger partial charge in [0.15, 0.2) is 0 Å². The highest BCUT2D eigenvalue weighted by Crippen LogP contribution is 2.30. The highest BCUT2D eigenvalue weighted by molar-refractivity contribution is 7.92. The highest BCUT2D eigenvalue weighted by atomic mass is 32.2. The molecule has 0 spiro atoms. The van der Waals surface area contributed by atoms with E-state index in [1.807, 2.05) is 52.0 Å². The van der Waals surface area contributed by atoms with Crippen LogP contribution in [-0.2, 0) is 26.2 Å². The number of ether oxygens (including phenoxy) is 2. The topological polar surface area (TPSA) is 105 Å². The van der Waals surface area contributed by atoms with E-state index in [2.05, 4.69) is 5.32 Å². The van der Waals surface area contributed by atoms with Crippen molar-refractivity contribution in [3.63, 3.8) is 0 Å². The van der Waals surface area contributed by atoms with Crippen LogP contribution < -0.4 is 19.1 Å². The van der Waals surface area contributed by atoms with Crippen molar-refractivity contribution < 1.29 is 27.5 Å². The van der Waals surface area contributed by atoms with Crippen LogP contribution in [0.1, 0.15) is 52.5 Å². The maximum Gasteiger partial charge on any atom is 0.242 e. The third kappa shape index (κ3) is 9.76. The van der Waals surface area contributed by atoms with Gasteiger partial charge in [0.1, 0.15) is 17.5 Å². The van der Waals surface area contributed by atoms with E-state index in [-0.39, 0.29) is 43.7 Å². The van der Waals surface area contributed by atoms with E-state index >= 15 is 0 Å². The molecule has 1 N–H and O–H groups in total. The van der Waals surface area contributed by atoms with E-state index in [9.17, 15) is 18.0 Å². The zero-order chi connectivity index (χ0) is 29.0. The fourth-order valence-corrected chi connectivity index (χ4v) is 5.20. The summed E-state index contributed by atoms with van der Waals surface area (Å²) >= 11 is 0. The van der Waals surface area contributed by atoms with Gasteiger partial charge in [0.25, 0.3) is 0 Å². The molecule has 0 radical (unpaired) electrons. The van der Waals surface area contributed by atoms with Crippen LogP contribution in [0.5, 0.6) is 11.5 Å². The Morgan fingerprint density at radius 2 is 1.77 bits per heavy atom. The zero-order valence-electron chi connectivity index (χ0n) is 24.0. The summed E-state index contributed by atoms with van der Waals surface area (Å²) in [7, 11) is -2.06. The molecule has 0 aliphatic carbocycles. The summed E-state index contributed by atoms with van der Waals surface area (Å²) < 4.78 is 37.6. The van der Waals surface area contributed by atoms with Crippen molar-refractivity contribution in [2.75, 3.05) is 37.4 Å². The molecule has 2 aromatic carbocycles. The molecule has 0 aromatic heterocycles. The normalized spacial score (nSPS) is 12.1. The lowest BCUT2D eigenvalue weighted by atomic mass is 10.1. The second kappa shape index (κ2) is 15.4. The molecule has 0 bridgehead atoms. The van der Waals surface area contributed by atoms with E-state index in [0.717, 1.165) is 11.8 Å². The predicted molar refractivity (Wildman–Crippen MR) is 155 cm³/mol. The van der Waals surface area contributed by atoms with Gasteiger partial charge in [-0.15, -0.1) is 0 Å². The monoisotopic (exact) mass is 561 g/mol. The molecule has 10 heteroatoms. The third-order valence-corrected chi connectivity index (χ3v) is 7.32. The van der Waals surface area contributed by atoms with E-state index in [0.29, 0.717) is 36.8 Å². The number of benzene rings is 2. The maximum atomic E-state index is 13.6. The van der Waals surface area contributed by atoms with Gasteiger partial charge in [-0.3, -0.25) is 13.9 Å². The van der Waals surface area contributed by atoms with Gasteiger partial charge >= 0.3 is 0 Å². The summed E-state index contributed by atoms with van der Waals surface area (Å²) in [5.74, 6) is 0.968. The molecule has 2 rings (SSSR count). The van der Waals surface area contributed by atoms with Gasteiger partial charge in [-0.1, -0.05) is 45.0 Å². The second-order valence-corrected chi connectivity index (χ2v) is 11.7. The number of para-hydroxylation sites is 2. The van der Waals surface area contributed by atoms with Gasteiger partial charge in [0.05, 0.1) is 25.7 Å². The Kier molecular flexibility index (Phi) is 12.6. The summed E-state index contributed by atoms with van der Waals surface area (Å²) in [5, 5.41) is 2.95. The Morgan fingerprint density at radius 1 is 1.05 bits per heavy atom. The van der Waals surface area contributed by atoms with Gasteiger partial charge in [0.2, 0.25) is 21.8 Å². The van der Waals surface area contributed by atoms with Crippen LogP contribution in [0.2, 0.25) is 0 Å². The quantitative estimate of drug-likeness (QED) is 0.329. The Morgan fingerprint density at radius 3 is 2.38 bits per heavy atom. The number of carbonyl (C=O) groups excluding carboxylic acids is 2. The molecule has 0 fully saturated rings. The minimum absolute atomic E-state index is 0.0702. The van der Waals surface area contributed by atoms with Crippen LogP contribution in [0, 0.1) is 5.92 Å². The molecule has 0 unspecified atom stereocenters. The number of hydrogen-bond acceptors (Lipinski definition) is 6. The number of anilines is 1. The molecule has 1 atom stereocenters. The molecule has 0 aliphatic heterocycles. The average Bonchev–Trinajstić information content (AvgIpc) is 2.89. The fraction of sp³-hybridized carbons (Fsp3) is 0.517. The zero-order valence-corrected chi connectivity index (χ0v) is 24.8. The summed E-state index contributed by atoms with van der Waals surface area (Å²) in [4.78, 5) is 28.3. The van der Waals surface area contributed by atoms with E-state index in [1.54, 1.807) is 36.3 Å². The van der Waals surface area contributed by atoms with Crippen molar-refractivity contribution in [3.05, 3.63) is 54.1 Å². The maximum absolute atomic E-state index is 13.6. The van der Waals surface area contributed by atoms with E-state index < -0.39 is 16.1 Å². The number of nitrogens with zero attached hydrogens (tertiary/aromatic N) is 2. The number of sulfonamides is 1. The van der Waals surface area contributed by atoms with E-state index in [4.69, 9.17) is 9.47 Å². The Bertz CT molecular complexity index is 1190. The number of hydrogen-bond donors (Lipinski definition) is 1. The van der Waals surface area contributed by atoms with Crippen LogP contribution in [0.25, 0.3) is 0 Å². The first-order valence-corrected chi connectivity index (χ1v) is 15.3. The summed E-state index contributed by atoms with van der Waals surface area (Å²) in [6.45, 7) is 8.96. The third-order valence-electron chi connectivity index (χ3n) is 6.14. The highest BCUT2D eigenvalue weighted by Gasteiger charge is 2.29. The number of methoxy groups -OCH3 is 1. The molecular weight excluding hydrogens is 518 g/mol.